The zero-order valence-corrected chi connectivity index (χ0v) is 9.32. The molecule has 1 aliphatic heterocycles. The average Bonchev–Trinajstić information content (AvgIpc) is 2.32. The molecule has 80 valence electrons. The van der Waals surface area contributed by atoms with Crippen LogP contribution in [0.4, 0.5) is 0 Å². The minimum absolute atomic E-state index is 0.715. The van der Waals surface area contributed by atoms with Crippen LogP contribution in [0, 0.1) is 11.3 Å². The molecule has 1 aromatic carbocycles. The van der Waals surface area contributed by atoms with Gasteiger partial charge in [0.25, 0.3) is 0 Å². The van der Waals surface area contributed by atoms with Gasteiger partial charge in [0.05, 0.1) is 11.6 Å². The van der Waals surface area contributed by atoms with Crippen LogP contribution in [0.2, 0.25) is 0 Å². The second-order valence-corrected chi connectivity index (χ2v) is 3.84. The Balaban J connectivity index is 0.000000151. The molecule has 0 saturated carbocycles. The molecule has 0 unspecified atom stereocenters. The Morgan fingerprint density at radius 3 is 2.00 bits per heavy atom. The fourth-order valence-corrected chi connectivity index (χ4v) is 1.56. The van der Waals surface area contributed by atoms with Gasteiger partial charge in [-0.3, -0.25) is 0 Å². The number of nitrogens with zero attached hydrogens (tertiary/aromatic N) is 2. The van der Waals surface area contributed by atoms with Gasteiger partial charge in [-0.15, -0.1) is 0 Å². The van der Waals surface area contributed by atoms with Crippen molar-refractivity contribution in [2.45, 2.75) is 19.3 Å². The summed E-state index contributed by atoms with van der Waals surface area (Å²) in [6.07, 6.45) is 4.28. The number of nitriles is 1. The van der Waals surface area contributed by atoms with Gasteiger partial charge >= 0.3 is 0 Å². The number of hydrogen-bond acceptors (Lipinski definition) is 2. The van der Waals surface area contributed by atoms with E-state index in [1.54, 1.807) is 12.1 Å². The maximum atomic E-state index is 8.29. The summed E-state index contributed by atoms with van der Waals surface area (Å²) in [6.45, 7) is 2.64. The van der Waals surface area contributed by atoms with E-state index in [9.17, 15) is 0 Å². The minimum atomic E-state index is 0.715. The van der Waals surface area contributed by atoms with Gasteiger partial charge < -0.3 is 4.90 Å². The first-order valence-electron chi connectivity index (χ1n) is 5.46. The number of benzene rings is 1. The van der Waals surface area contributed by atoms with Crippen molar-refractivity contribution >= 4 is 0 Å². The Kier molecular flexibility index (Phi) is 5.50. The van der Waals surface area contributed by atoms with Crippen LogP contribution in [-0.4, -0.2) is 25.0 Å². The van der Waals surface area contributed by atoms with Crippen molar-refractivity contribution in [2.24, 2.45) is 0 Å². The Morgan fingerprint density at radius 1 is 1.07 bits per heavy atom. The summed E-state index contributed by atoms with van der Waals surface area (Å²) in [5, 5.41) is 8.29. The minimum Gasteiger partial charge on any atom is -0.306 e. The first-order chi connectivity index (χ1) is 7.33. The van der Waals surface area contributed by atoms with Crippen molar-refractivity contribution in [1.29, 1.82) is 5.26 Å². The summed E-state index contributed by atoms with van der Waals surface area (Å²) in [5.74, 6) is 0. The van der Waals surface area contributed by atoms with Crippen LogP contribution in [0.5, 0.6) is 0 Å². The van der Waals surface area contributed by atoms with E-state index in [1.165, 1.54) is 32.4 Å². The first-order valence-corrected chi connectivity index (χ1v) is 5.46. The van der Waals surface area contributed by atoms with Crippen LogP contribution in [0.15, 0.2) is 30.3 Å². The smallest absolute Gasteiger partial charge is 0.0991 e. The Morgan fingerprint density at radius 2 is 1.67 bits per heavy atom. The summed E-state index contributed by atoms with van der Waals surface area (Å²) < 4.78 is 0. The highest BCUT2D eigenvalue weighted by Gasteiger charge is 2.02. The van der Waals surface area contributed by atoms with Crippen molar-refractivity contribution in [3.63, 3.8) is 0 Å². The number of likely N-dealkylation sites (tertiary alicyclic amines) is 1. The summed E-state index contributed by atoms with van der Waals surface area (Å²) in [4.78, 5) is 2.39. The van der Waals surface area contributed by atoms with Gasteiger partial charge in [-0.1, -0.05) is 24.6 Å². The van der Waals surface area contributed by atoms with Crippen molar-refractivity contribution in [3.05, 3.63) is 35.9 Å². The molecule has 0 bridgehead atoms. The molecular formula is C13H18N2. The summed E-state index contributed by atoms with van der Waals surface area (Å²) in [6, 6.07) is 11.2. The molecule has 1 aromatic rings. The third kappa shape index (κ3) is 5.19. The Bertz CT molecular complexity index is 294. The standard InChI is InChI=1S/C7H5N.C6H13N/c8-6-7-4-2-1-3-5-7;1-7-5-3-2-4-6-7/h1-5H;2-6H2,1H3. The molecule has 0 N–H and O–H groups in total. The number of hydrogen-bond donors (Lipinski definition) is 0. The van der Waals surface area contributed by atoms with E-state index >= 15 is 0 Å². The van der Waals surface area contributed by atoms with E-state index < -0.39 is 0 Å². The monoisotopic (exact) mass is 202 g/mol. The third-order valence-electron chi connectivity index (χ3n) is 2.48. The lowest BCUT2D eigenvalue weighted by Gasteiger charge is -2.20. The quantitative estimate of drug-likeness (QED) is 0.646. The van der Waals surface area contributed by atoms with Gasteiger partial charge in [0, 0.05) is 0 Å². The average molecular weight is 202 g/mol. The first kappa shape index (κ1) is 11.7. The molecule has 15 heavy (non-hydrogen) atoms. The predicted octanol–water partition coefficient (Wildman–Crippen LogP) is 2.66. The van der Waals surface area contributed by atoms with E-state index in [2.05, 4.69) is 11.9 Å². The van der Waals surface area contributed by atoms with Crippen LogP contribution in [0.1, 0.15) is 24.8 Å². The van der Waals surface area contributed by atoms with Gasteiger partial charge in [-0.2, -0.15) is 5.26 Å². The van der Waals surface area contributed by atoms with Crippen molar-refractivity contribution in [2.75, 3.05) is 20.1 Å². The van der Waals surface area contributed by atoms with Crippen LogP contribution < -0.4 is 0 Å². The van der Waals surface area contributed by atoms with E-state index in [4.69, 9.17) is 5.26 Å². The van der Waals surface area contributed by atoms with Crippen LogP contribution in [-0.2, 0) is 0 Å². The highest BCUT2D eigenvalue weighted by Crippen LogP contribution is 2.04. The molecule has 1 fully saturated rings. The van der Waals surface area contributed by atoms with Gasteiger partial charge in [0.2, 0.25) is 0 Å². The molecule has 0 atom stereocenters. The zero-order chi connectivity index (χ0) is 10.9. The lowest BCUT2D eigenvalue weighted by molar-refractivity contribution is 0.277. The zero-order valence-electron chi connectivity index (χ0n) is 9.32. The van der Waals surface area contributed by atoms with Gasteiger partial charge in [0.15, 0.2) is 0 Å². The van der Waals surface area contributed by atoms with Gasteiger partial charge in [0.1, 0.15) is 0 Å². The van der Waals surface area contributed by atoms with E-state index in [0.717, 1.165) is 0 Å². The molecule has 0 amide bonds. The molecule has 2 rings (SSSR count). The molecule has 0 aromatic heterocycles. The molecule has 1 heterocycles. The van der Waals surface area contributed by atoms with Crippen molar-refractivity contribution in [1.82, 2.24) is 4.90 Å². The molecule has 2 heteroatoms. The van der Waals surface area contributed by atoms with Crippen molar-refractivity contribution < 1.29 is 0 Å². The van der Waals surface area contributed by atoms with Crippen LogP contribution in [0.3, 0.4) is 0 Å². The second kappa shape index (κ2) is 7.03. The van der Waals surface area contributed by atoms with Crippen molar-refractivity contribution in [3.8, 4) is 6.07 Å². The molecular weight excluding hydrogens is 184 g/mol. The van der Waals surface area contributed by atoms with Gasteiger partial charge in [-0.05, 0) is 45.1 Å². The molecule has 1 aliphatic rings. The highest BCUT2D eigenvalue weighted by molar-refractivity contribution is 5.27. The van der Waals surface area contributed by atoms with E-state index in [0.29, 0.717) is 5.56 Å². The summed E-state index contributed by atoms with van der Waals surface area (Å²) in [7, 11) is 2.19. The SMILES string of the molecule is CN1CCCCC1.N#Cc1ccccc1. The fraction of sp³-hybridized carbons (Fsp3) is 0.462. The second-order valence-electron chi connectivity index (χ2n) is 3.84. The van der Waals surface area contributed by atoms with Crippen LogP contribution >= 0.6 is 0 Å². The third-order valence-corrected chi connectivity index (χ3v) is 2.48. The Hall–Kier alpha value is -1.33. The number of rotatable bonds is 0. The molecule has 0 spiro atoms. The lowest BCUT2D eigenvalue weighted by atomic mass is 10.1. The fourth-order valence-electron chi connectivity index (χ4n) is 1.56. The molecule has 1 saturated heterocycles. The van der Waals surface area contributed by atoms with E-state index in [-0.39, 0.29) is 0 Å². The van der Waals surface area contributed by atoms with Crippen LogP contribution in [0.25, 0.3) is 0 Å². The highest BCUT2D eigenvalue weighted by atomic mass is 15.1. The van der Waals surface area contributed by atoms with Gasteiger partial charge in [-0.25, -0.2) is 0 Å². The Labute approximate surface area is 92.1 Å². The van der Waals surface area contributed by atoms with E-state index in [1.807, 2.05) is 24.3 Å². The summed E-state index contributed by atoms with van der Waals surface area (Å²) >= 11 is 0. The topological polar surface area (TPSA) is 27.0 Å². The largest absolute Gasteiger partial charge is 0.306 e. The number of piperidine rings is 1. The maximum Gasteiger partial charge on any atom is 0.0991 e. The predicted molar refractivity (Wildman–Crippen MR) is 62.5 cm³/mol. The summed E-state index contributed by atoms with van der Waals surface area (Å²) in [5.41, 5.74) is 0.715. The maximum absolute atomic E-state index is 8.29. The molecule has 0 aliphatic carbocycles. The molecule has 0 radical (unpaired) electrons. The normalized spacial score (nSPS) is 16.0. The lowest BCUT2D eigenvalue weighted by Crippen LogP contribution is -2.24. The molecule has 2 nitrogen and oxygen atoms in total.